The maximum Gasteiger partial charge on any atom is 0.226 e. The number of carbonyl (C=O) groups is 1. The minimum Gasteiger partial charge on any atom is -0.496 e. The molecule has 1 aromatic carbocycles. The minimum atomic E-state index is -0.269. The molecule has 0 fully saturated rings. The van der Waals surface area contributed by atoms with Crippen LogP contribution in [0.5, 0.6) is 5.75 Å². The number of hydrogen-bond acceptors (Lipinski definition) is 3. The minimum absolute atomic E-state index is 0.0433. The number of methoxy groups -OCH3 is 1. The van der Waals surface area contributed by atoms with Crippen molar-refractivity contribution in [3.63, 3.8) is 0 Å². The van der Waals surface area contributed by atoms with E-state index in [1.54, 1.807) is 7.11 Å². The first kappa shape index (κ1) is 9.02. The summed E-state index contributed by atoms with van der Waals surface area (Å²) >= 11 is 0. The van der Waals surface area contributed by atoms with Crippen LogP contribution in [-0.4, -0.2) is 13.0 Å². The molecule has 0 bridgehead atoms. The molecule has 4 nitrogen and oxygen atoms in total. The zero-order valence-corrected chi connectivity index (χ0v) is 7.91. The van der Waals surface area contributed by atoms with Gasteiger partial charge >= 0.3 is 0 Å². The third kappa shape index (κ3) is 1.33. The predicted octanol–water partition coefficient (Wildman–Crippen LogP) is 1.04. The largest absolute Gasteiger partial charge is 0.496 e. The lowest BCUT2D eigenvalue weighted by molar-refractivity contribution is -0.116. The van der Waals surface area contributed by atoms with E-state index in [2.05, 4.69) is 5.32 Å². The lowest BCUT2D eigenvalue weighted by atomic mass is 9.97. The second-order valence-corrected chi connectivity index (χ2v) is 3.28. The van der Waals surface area contributed by atoms with Crippen LogP contribution in [0.1, 0.15) is 18.0 Å². The molecule has 1 atom stereocenters. The van der Waals surface area contributed by atoms with Gasteiger partial charge in [-0.25, -0.2) is 0 Å². The quantitative estimate of drug-likeness (QED) is 0.698. The summed E-state index contributed by atoms with van der Waals surface area (Å²) in [5.74, 6) is 0.688. The van der Waals surface area contributed by atoms with Crippen LogP contribution in [0.3, 0.4) is 0 Å². The van der Waals surface area contributed by atoms with Crippen LogP contribution in [-0.2, 0) is 4.79 Å². The average Bonchev–Trinajstić information content (AvgIpc) is 2.16. The Bertz CT molecular complexity index is 376. The molecule has 0 saturated heterocycles. The highest BCUT2D eigenvalue weighted by molar-refractivity contribution is 5.95. The Kier molecular flexibility index (Phi) is 2.13. The summed E-state index contributed by atoms with van der Waals surface area (Å²) in [6.07, 6.45) is 0.313. The van der Waals surface area contributed by atoms with E-state index in [9.17, 15) is 4.79 Å². The number of amides is 1. The molecule has 0 aliphatic carbocycles. The maximum atomic E-state index is 11.2. The van der Waals surface area contributed by atoms with Gasteiger partial charge in [-0.05, 0) is 12.1 Å². The fourth-order valence-corrected chi connectivity index (χ4v) is 1.72. The van der Waals surface area contributed by atoms with Crippen LogP contribution in [0.4, 0.5) is 5.69 Å². The molecule has 1 heterocycles. The highest BCUT2D eigenvalue weighted by atomic mass is 16.5. The Labute approximate surface area is 82.1 Å². The van der Waals surface area contributed by atoms with E-state index in [1.807, 2.05) is 18.2 Å². The van der Waals surface area contributed by atoms with Crippen molar-refractivity contribution < 1.29 is 9.53 Å². The summed E-state index contributed by atoms with van der Waals surface area (Å²) in [5, 5.41) is 2.77. The standard InChI is InChI=1S/C10H12N2O2/c1-14-8-4-2-3-7-10(8)6(11)5-9(13)12-7/h2-4,6H,5,11H2,1H3,(H,12,13). The van der Waals surface area contributed by atoms with Crippen LogP contribution in [0.15, 0.2) is 18.2 Å². The first-order chi connectivity index (χ1) is 6.72. The third-order valence-corrected chi connectivity index (χ3v) is 2.34. The molecule has 2 rings (SSSR count). The molecule has 0 radical (unpaired) electrons. The van der Waals surface area contributed by atoms with E-state index in [0.29, 0.717) is 6.42 Å². The van der Waals surface area contributed by atoms with E-state index < -0.39 is 0 Å². The van der Waals surface area contributed by atoms with Crippen LogP contribution in [0, 0.1) is 0 Å². The highest BCUT2D eigenvalue weighted by Gasteiger charge is 2.24. The van der Waals surface area contributed by atoms with Gasteiger partial charge in [0.05, 0.1) is 7.11 Å². The number of carbonyl (C=O) groups excluding carboxylic acids is 1. The Morgan fingerprint density at radius 3 is 3.07 bits per heavy atom. The van der Waals surface area contributed by atoms with Gasteiger partial charge in [0, 0.05) is 23.7 Å². The zero-order chi connectivity index (χ0) is 10.1. The molecule has 1 amide bonds. The van der Waals surface area contributed by atoms with E-state index in [-0.39, 0.29) is 11.9 Å². The van der Waals surface area contributed by atoms with E-state index in [1.165, 1.54) is 0 Å². The lowest BCUT2D eigenvalue weighted by Crippen LogP contribution is -2.27. The number of anilines is 1. The summed E-state index contributed by atoms with van der Waals surface area (Å²) in [6.45, 7) is 0. The number of nitrogens with two attached hydrogens (primary N) is 1. The SMILES string of the molecule is COc1cccc2c1C(N)CC(=O)N2. The molecule has 1 aromatic rings. The Hall–Kier alpha value is -1.55. The normalized spacial score (nSPS) is 19.9. The number of rotatable bonds is 1. The molecule has 0 spiro atoms. The molecule has 4 heteroatoms. The number of hydrogen-bond donors (Lipinski definition) is 2. The number of nitrogens with one attached hydrogen (secondary N) is 1. The van der Waals surface area contributed by atoms with Gasteiger partial charge in [0.1, 0.15) is 5.75 Å². The molecule has 1 unspecified atom stereocenters. The summed E-state index contributed by atoms with van der Waals surface area (Å²) in [6, 6.07) is 5.23. The van der Waals surface area contributed by atoms with Gasteiger partial charge < -0.3 is 15.8 Å². The van der Waals surface area contributed by atoms with Gasteiger partial charge in [0.2, 0.25) is 5.91 Å². The second kappa shape index (κ2) is 3.31. The van der Waals surface area contributed by atoms with Gasteiger partial charge in [-0.3, -0.25) is 4.79 Å². The van der Waals surface area contributed by atoms with Crippen molar-refractivity contribution in [1.82, 2.24) is 0 Å². The van der Waals surface area contributed by atoms with Crippen LogP contribution in [0.25, 0.3) is 0 Å². The molecule has 1 aliphatic rings. The van der Waals surface area contributed by atoms with E-state index in [4.69, 9.17) is 10.5 Å². The predicted molar refractivity (Wildman–Crippen MR) is 53.2 cm³/mol. The molecule has 0 saturated carbocycles. The Morgan fingerprint density at radius 1 is 1.57 bits per heavy atom. The van der Waals surface area contributed by atoms with Crippen LogP contribution >= 0.6 is 0 Å². The first-order valence-electron chi connectivity index (χ1n) is 4.44. The number of ether oxygens (including phenoxy) is 1. The summed E-state index contributed by atoms with van der Waals surface area (Å²) < 4.78 is 5.19. The van der Waals surface area contributed by atoms with Gasteiger partial charge in [-0.15, -0.1) is 0 Å². The van der Waals surface area contributed by atoms with E-state index in [0.717, 1.165) is 17.0 Å². The van der Waals surface area contributed by atoms with Gasteiger partial charge in [0.25, 0.3) is 0 Å². The smallest absolute Gasteiger partial charge is 0.226 e. The monoisotopic (exact) mass is 192 g/mol. The van der Waals surface area contributed by atoms with Crippen molar-refractivity contribution in [3.8, 4) is 5.75 Å². The molecule has 1 aliphatic heterocycles. The van der Waals surface area contributed by atoms with Crippen molar-refractivity contribution >= 4 is 11.6 Å². The van der Waals surface area contributed by atoms with E-state index >= 15 is 0 Å². The molecule has 74 valence electrons. The van der Waals surface area contributed by atoms with Crippen LogP contribution in [0.2, 0.25) is 0 Å². The Balaban J connectivity index is 2.52. The molecular formula is C10H12N2O2. The lowest BCUT2D eigenvalue weighted by Gasteiger charge is -2.24. The second-order valence-electron chi connectivity index (χ2n) is 3.28. The molecular weight excluding hydrogens is 180 g/mol. The maximum absolute atomic E-state index is 11.2. The summed E-state index contributed by atoms with van der Waals surface area (Å²) in [7, 11) is 1.60. The molecule has 0 aromatic heterocycles. The van der Waals surface area contributed by atoms with Gasteiger partial charge in [0.15, 0.2) is 0 Å². The third-order valence-electron chi connectivity index (χ3n) is 2.34. The Morgan fingerprint density at radius 2 is 2.36 bits per heavy atom. The summed E-state index contributed by atoms with van der Waals surface area (Å²) in [5.41, 5.74) is 7.51. The van der Waals surface area contributed by atoms with Crippen molar-refractivity contribution in [3.05, 3.63) is 23.8 Å². The van der Waals surface area contributed by atoms with Crippen molar-refractivity contribution in [2.75, 3.05) is 12.4 Å². The van der Waals surface area contributed by atoms with Crippen molar-refractivity contribution in [1.29, 1.82) is 0 Å². The van der Waals surface area contributed by atoms with Gasteiger partial charge in [-0.1, -0.05) is 6.07 Å². The fraction of sp³-hybridized carbons (Fsp3) is 0.300. The number of benzene rings is 1. The molecule has 14 heavy (non-hydrogen) atoms. The van der Waals surface area contributed by atoms with Crippen LogP contribution < -0.4 is 15.8 Å². The van der Waals surface area contributed by atoms with Crippen molar-refractivity contribution in [2.45, 2.75) is 12.5 Å². The van der Waals surface area contributed by atoms with Crippen molar-refractivity contribution in [2.24, 2.45) is 5.73 Å². The number of fused-ring (bicyclic) bond motifs is 1. The molecule has 3 N–H and O–H groups in total. The van der Waals surface area contributed by atoms with Gasteiger partial charge in [-0.2, -0.15) is 0 Å². The zero-order valence-electron chi connectivity index (χ0n) is 7.91. The highest BCUT2D eigenvalue weighted by Crippen LogP contribution is 2.35. The first-order valence-corrected chi connectivity index (χ1v) is 4.44. The topological polar surface area (TPSA) is 64.3 Å². The summed E-state index contributed by atoms with van der Waals surface area (Å²) in [4.78, 5) is 11.2. The average molecular weight is 192 g/mol. The fourth-order valence-electron chi connectivity index (χ4n) is 1.72.